The Hall–Kier alpha value is -0.860. The lowest BCUT2D eigenvalue weighted by Crippen LogP contribution is -2.42. The third-order valence-electron chi connectivity index (χ3n) is 4.46. The van der Waals surface area contributed by atoms with Crippen molar-refractivity contribution in [1.29, 1.82) is 0 Å². The van der Waals surface area contributed by atoms with E-state index in [0.29, 0.717) is 6.61 Å². The van der Waals surface area contributed by atoms with Crippen LogP contribution in [0.25, 0.3) is 0 Å². The van der Waals surface area contributed by atoms with Crippen LogP contribution in [0.1, 0.15) is 44.2 Å². The zero-order valence-corrected chi connectivity index (χ0v) is 18.8. The maximum Gasteiger partial charge on any atom is 0.191 e. The minimum atomic E-state index is 0. The zero-order chi connectivity index (χ0) is 17.9. The van der Waals surface area contributed by atoms with Gasteiger partial charge in [0.1, 0.15) is 0 Å². The zero-order valence-electron chi connectivity index (χ0n) is 16.5. The molecule has 0 saturated carbocycles. The lowest BCUT2D eigenvalue weighted by Gasteiger charge is -2.26. The summed E-state index contributed by atoms with van der Waals surface area (Å²) in [5.74, 6) is 0.865. The number of guanidine groups is 1. The quantitative estimate of drug-likeness (QED) is 0.345. The van der Waals surface area contributed by atoms with Gasteiger partial charge in [0.05, 0.1) is 12.7 Å². The summed E-state index contributed by atoms with van der Waals surface area (Å²) in [6.45, 7) is 10.1. The molecule has 0 spiro atoms. The Morgan fingerprint density at radius 3 is 2.35 bits per heavy atom. The van der Waals surface area contributed by atoms with E-state index in [1.807, 2.05) is 7.05 Å². The van der Waals surface area contributed by atoms with Crippen molar-refractivity contribution in [2.24, 2.45) is 4.99 Å². The highest BCUT2D eigenvalue weighted by atomic mass is 127. The molecule has 1 aromatic carbocycles. The molecule has 6 heteroatoms. The van der Waals surface area contributed by atoms with Crippen LogP contribution in [0.2, 0.25) is 0 Å². The number of nitrogens with zero attached hydrogens (tertiary/aromatic N) is 2. The van der Waals surface area contributed by atoms with Gasteiger partial charge in [-0.1, -0.05) is 30.7 Å². The van der Waals surface area contributed by atoms with Gasteiger partial charge in [0.15, 0.2) is 5.96 Å². The van der Waals surface area contributed by atoms with Gasteiger partial charge in [0.2, 0.25) is 0 Å². The number of hydrogen-bond donors (Lipinski definition) is 2. The van der Waals surface area contributed by atoms with Crippen molar-refractivity contribution in [3.63, 3.8) is 0 Å². The Kier molecular flexibility index (Phi) is 11.9. The number of rotatable bonds is 8. The minimum absolute atomic E-state index is 0. The SMILES string of the molecule is CN=C(NCCN1CCCCC1)NCc1ccc(COC(C)C)cc1.I. The topological polar surface area (TPSA) is 48.9 Å². The van der Waals surface area contributed by atoms with E-state index >= 15 is 0 Å². The van der Waals surface area contributed by atoms with Crippen molar-refractivity contribution in [1.82, 2.24) is 15.5 Å². The molecule has 5 nitrogen and oxygen atoms in total. The van der Waals surface area contributed by atoms with Crippen LogP contribution in [-0.2, 0) is 17.9 Å². The first-order valence-corrected chi connectivity index (χ1v) is 9.53. The summed E-state index contributed by atoms with van der Waals surface area (Å²) in [5, 5.41) is 6.79. The van der Waals surface area contributed by atoms with Crippen LogP contribution in [-0.4, -0.2) is 50.2 Å². The standard InChI is InChI=1S/C20H34N4O.HI/c1-17(2)25-16-19-9-7-18(8-10-19)15-23-20(21-3)22-11-14-24-12-5-4-6-13-24;/h7-10,17H,4-6,11-16H2,1-3H3,(H2,21,22,23);1H. The van der Waals surface area contributed by atoms with E-state index in [1.165, 1.54) is 43.5 Å². The van der Waals surface area contributed by atoms with Crippen molar-refractivity contribution >= 4 is 29.9 Å². The summed E-state index contributed by atoms with van der Waals surface area (Å²) < 4.78 is 5.63. The Morgan fingerprint density at radius 1 is 1.08 bits per heavy atom. The average Bonchev–Trinajstić information content (AvgIpc) is 2.64. The normalized spacial score (nSPS) is 15.6. The highest BCUT2D eigenvalue weighted by Gasteiger charge is 2.09. The van der Waals surface area contributed by atoms with Gasteiger partial charge in [-0.3, -0.25) is 4.99 Å². The Bertz CT molecular complexity index is 513. The Balaban J connectivity index is 0.00000338. The van der Waals surface area contributed by atoms with E-state index in [2.05, 4.69) is 58.6 Å². The molecule has 0 radical (unpaired) electrons. The summed E-state index contributed by atoms with van der Waals surface area (Å²) in [7, 11) is 1.82. The van der Waals surface area contributed by atoms with Gasteiger partial charge in [-0.25, -0.2) is 0 Å². The van der Waals surface area contributed by atoms with Crippen LogP contribution in [0.15, 0.2) is 29.3 Å². The number of halogens is 1. The van der Waals surface area contributed by atoms with Crippen molar-refractivity contribution in [2.75, 3.05) is 33.2 Å². The number of aliphatic imine (C=N–C) groups is 1. The summed E-state index contributed by atoms with van der Waals surface area (Å²) in [4.78, 5) is 6.84. The fourth-order valence-electron chi connectivity index (χ4n) is 2.94. The number of nitrogens with one attached hydrogen (secondary N) is 2. The molecule has 26 heavy (non-hydrogen) atoms. The largest absolute Gasteiger partial charge is 0.374 e. The highest BCUT2D eigenvalue weighted by molar-refractivity contribution is 14.0. The monoisotopic (exact) mass is 474 g/mol. The minimum Gasteiger partial charge on any atom is -0.374 e. The van der Waals surface area contributed by atoms with E-state index in [9.17, 15) is 0 Å². The molecule has 0 bridgehead atoms. The van der Waals surface area contributed by atoms with Crippen molar-refractivity contribution in [3.05, 3.63) is 35.4 Å². The van der Waals surface area contributed by atoms with Crippen LogP contribution in [0, 0.1) is 0 Å². The first-order valence-electron chi connectivity index (χ1n) is 9.53. The molecule has 148 valence electrons. The summed E-state index contributed by atoms with van der Waals surface area (Å²) >= 11 is 0. The van der Waals surface area contributed by atoms with Gasteiger partial charge in [-0.15, -0.1) is 24.0 Å². The highest BCUT2D eigenvalue weighted by Crippen LogP contribution is 2.08. The molecular formula is C20H35IN4O. The van der Waals surface area contributed by atoms with Gasteiger partial charge >= 0.3 is 0 Å². The van der Waals surface area contributed by atoms with Gasteiger partial charge < -0.3 is 20.3 Å². The molecule has 0 aliphatic carbocycles. The first kappa shape index (κ1) is 23.2. The second kappa shape index (κ2) is 13.3. The van der Waals surface area contributed by atoms with Gasteiger partial charge in [-0.05, 0) is 50.9 Å². The number of hydrogen-bond acceptors (Lipinski definition) is 3. The van der Waals surface area contributed by atoms with Crippen LogP contribution in [0.4, 0.5) is 0 Å². The molecular weight excluding hydrogens is 439 g/mol. The fraction of sp³-hybridized carbons (Fsp3) is 0.650. The van der Waals surface area contributed by atoms with Gasteiger partial charge in [0.25, 0.3) is 0 Å². The van der Waals surface area contributed by atoms with Crippen molar-refractivity contribution < 1.29 is 4.74 Å². The van der Waals surface area contributed by atoms with Crippen LogP contribution in [0.5, 0.6) is 0 Å². The lowest BCUT2D eigenvalue weighted by atomic mass is 10.1. The van der Waals surface area contributed by atoms with E-state index in [-0.39, 0.29) is 30.1 Å². The maximum atomic E-state index is 5.63. The number of piperidine rings is 1. The fourth-order valence-corrected chi connectivity index (χ4v) is 2.94. The molecule has 2 N–H and O–H groups in total. The second-order valence-corrected chi connectivity index (χ2v) is 6.93. The second-order valence-electron chi connectivity index (χ2n) is 6.93. The molecule has 1 aliphatic heterocycles. The molecule has 1 saturated heterocycles. The van der Waals surface area contributed by atoms with Crippen LogP contribution >= 0.6 is 24.0 Å². The van der Waals surface area contributed by atoms with Crippen LogP contribution < -0.4 is 10.6 Å². The molecule has 1 heterocycles. The smallest absolute Gasteiger partial charge is 0.191 e. The maximum absolute atomic E-state index is 5.63. The predicted molar refractivity (Wildman–Crippen MR) is 120 cm³/mol. The summed E-state index contributed by atoms with van der Waals surface area (Å²) in [6.07, 6.45) is 4.33. The molecule has 1 fully saturated rings. The van der Waals surface area contributed by atoms with E-state index < -0.39 is 0 Å². The Labute approximate surface area is 176 Å². The third kappa shape index (κ3) is 9.19. The van der Waals surface area contributed by atoms with Gasteiger partial charge in [0, 0.05) is 26.7 Å². The molecule has 1 aliphatic rings. The van der Waals surface area contributed by atoms with E-state index in [0.717, 1.165) is 25.6 Å². The summed E-state index contributed by atoms with van der Waals surface area (Å²) in [5.41, 5.74) is 2.45. The summed E-state index contributed by atoms with van der Waals surface area (Å²) in [6, 6.07) is 8.55. The molecule has 2 rings (SSSR count). The number of ether oxygens (including phenoxy) is 1. The molecule has 0 atom stereocenters. The van der Waals surface area contributed by atoms with E-state index in [1.54, 1.807) is 0 Å². The van der Waals surface area contributed by atoms with Crippen LogP contribution in [0.3, 0.4) is 0 Å². The predicted octanol–water partition coefficient (Wildman–Crippen LogP) is 3.38. The number of likely N-dealkylation sites (tertiary alicyclic amines) is 1. The third-order valence-corrected chi connectivity index (χ3v) is 4.46. The molecule has 1 aromatic rings. The van der Waals surface area contributed by atoms with Crippen molar-refractivity contribution in [3.8, 4) is 0 Å². The van der Waals surface area contributed by atoms with Crippen molar-refractivity contribution in [2.45, 2.75) is 52.4 Å². The average molecular weight is 474 g/mol. The van der Waals surface area contributed by atoms with E-state index in [4.69, 9.17) is 4.74 Å². The molecule has 0 aromatic heterocycles. The lowest BCUT2D eigenvalue weighted by molar-refractivity contribution is 0.0657. The Morgan fingerprint density at radius 2 is 1.73 bits per heavy atom. The number of benzene rings is 1. The molecule has 0 amide bonds. The first-order chi connectivity index (χ1) is 12.2. The van der Waals surface area contributed by atoms with Gasteiger partial charge in [-0.2, -0.15) is 0 Å². The molecule has 0 unspecified atom stereocenters.